The van der Waals surface area contributed by atoms with Gasteiger partial charge >= 0.3 is 5.97 Å². The average Bonchev–Trinajstić information content (AvgIpc) is 2.82. The summed E-state index contributed by atoms with van der Waals surface area (Å²) in [5.74, 6) is -1.76. The van der Waals surface area contributed by atoms with Crippen molar-refractivity contribution in [2.45, 2.75) is 19.9 Å². The Balaban J connectivity index is 1.94. The molecule has 0 saturated heterocycles. The molecule has 0 radical (unpaired) electrons. The molecule has 0 aliphatic rings. The van der Waals surface area contributed by atoms with Crippen LogP contribution in [0.25, 0.3) is 11.0 Å². The van der Waals surface area contributed by atoms with Crippen molar-refractivity contribution in [2.24, 2.45) is 5.92 Å². The molecular weight excluding hydrogens is 246 g/mol. The normalized spacial score (nSPS) is 12.3. The molecule has 19 heavy (non-hydrogen) atoms. The lowest BCUT2D eigenvalue weighted by Crippen LogP contribution is -2.30. The van der Waals surface area contributed by atoms with Crippen LogP contribution in [0.2, 0.25) is 0 Å². The molecule has 6 heteroatoms. The van der Waals surface area contributed by atoms with Crippen LogP contribution in [-0.2, 0) is 16.1 Å². The van der Waals surface area contributed by atoms with Gasteiger partial charge in [-0.15, -0.1) is 0 Å². The van der Waals surface area contributed by atoms with E-state index in [0.717, 1.165) is 16.6 Å². The monoisotopic (exact) mass is 261 g/mol. The zero-order valence-corrected chi connectivity index (χ0v) is 10.5. The zero-order valence-electron chi connectivity index (χ0n) is 10.5. The highest BCUT2D eigenvalue weighted by Gasteiger charge is 2.15. The number of fused-ring (bicyclic) bond motifs is 1. The second kappa shape index (κ2) is 5.51. The third kappa shape index (κ3) is 3.31. The third-order valence-electron chi connectivity index (χ3n) is 2.88. The van der Waals surface area contributed by atoms with Crippen molar-refractivity contribution in [1.29, 1.82) is 0 Å². The predicted molar refractivity (Wildman–Crippen MR) is 69.4 cm³/mol. The fourth-order valence-electron chi connectivity index (χ4n) is 1.81. The number of aromatic nitrogens is 2. The Morgan fingerprint density at radius 2 is 2.26 bits per heavy atom. The van der Waals surface area contributed by atoms with E-state index in [1.54, 1.807) is 13.3 Å². The maximum absolute atomic E-state index is 11.7. The first kappa shape index (κ1) is 13.1. The smallest absolute Gasteiger partial charge is 0.304 e. The molecular formula is C13H15N3O3. The van der Waals surface area contributed by atoms with Crippen LogP contribution in [0.3, 0.4) is 0 Å². The summed E-state index contributed by atoms with van der Waals surface area (Å²) in [6.07, 6.45) is 1.45. The standard InChI is InChI=1S/C13H15N3O3/c1-8(4-12(17)18)13(19)14-6-9-2-3-10-11(5-9)16-7-15-10/h2-3,5,7-8H,4,6H2,1H3,(H,14,19)(H,15,16)(H,17,18). The van der Waals surface area contributed by atoms with Crippen LogP contribution < -0.4 is 5.32 Å². The predicted octanol–water partition coefficient (Wildman–Crippen LogP) is 1.29. The van der Waals surface area contributed by atoms with Crippen LogP contribution in [0.4, 0.5) is 0 Å². The SMILES string of the molecule is CC(CC(=O)O)C(=O)NCc1ccc2nc[nH]c2c1. The maximum atomic E-state index is 11.7. The molecule has 0 spiro atoms. The minimum Gasteiger partial charge on any atom is -0.481 e. The van der Waals surface area contributed by atoms with E-state index in [1.165, 1.54) is 0 Å². The van der Waals surface area contributed by atoms with Gasteiger partial charge in [-0.3, -0.25) is 9.59 Å². The number of hydrogen-bond donors (Lipinski definition) is 3. The van der Waals surface area contributed by atoms with Crippen molar-refractivity contribution in [1.82, 2.24) is 15.3 Å². The van der Waals surface area contributed by atoms with Gasteiger partial charge in [0.05, 0.1) is 23.8 Å². The number of nitrogens with one attached hydrogen (secondary N) is 2. The molecule has 100 valence electrons. The van der Waals surface area contributed by atoms with Crippen LogP contribution >= 0.6 is 0 Å². The van der Waals surface area contributed by atoms with E-state index in [9.17, 15) is 9.59 Å². The number of carbonyl (C=O) groups is 2. The number of H-pyrrole nitrogens is 1. The van der Waals surface area contributed by atoms with Gasteiger partial charge in [-0.2, -0.15) is 0 Å². The van der Waals surface area contributed by atoms with Gasteiger partial charge in [-0.1, -0.05) is 13.0 Å². The van der Waals surface area contributed by atoms with Gasteiger partial charge in [0.25, 0.3) is 0 Å². The molecule has 0 fully saturated rings. The minimum absolute atomic E-state index is 0.161. The maximum Gasteiger partial charge on any atom is 0.304 e. The average molecular weight is 261 g/mol. The topological polar surface area (TPSA) is 95.1 Å². The first-order valence-corrected chi connectivity index (χ1v) is 5.98. The molecule has 1 heterocycles. The van der Waals surface area contributed by atoms with E-state index in [2.05, 4.69) is 15.3 Å². The van der Waals surface area contributed by atoms with Gasteiger partial charge in [0.2, 0.25) is 5.91 Å². The first-order chi connectivity index (χ1) is 9.06. The fraction of sp³-hybridized carbons (Fsp3) is 0.308. The van der Waals surface area contributed by atoms with Crippen LogP contribution in [0.5, 0.6) is 0 Å². The second-order valence-electron chi connectivity index (χ2n) is 4.47. The minimum atomic E-state index is -0.971. The number of carboxylic acid groups (broad SMARTS) is 1. The number of imidazole rings is 1. The Kier molecular flexibility index (Phi) is 3.79. The number of nitrogens with zero attached hydrogens (tertiary/aromatic N) is 1. The number of aromatic amines is 1. The Morgan fingerprint density at radius 1 is 1.47 bits per heavy atom. The van der Waals surface area contributed by atoms with E-state index < -0.39 is 11.9 Å². The summed E-state index contributed by atoms with van der Waals surface area (Å²) in [7, 11) is 0. The number of carbonyl (C=O) groups excluding carboxylic acids is 1. The summed E-state index contributed by atoms with van der Waals surface area (Å²) < 4.78 is 0. The van der Waals surface area contributed by atoms with Gasteiger partial charge in [0, 0.05) is 12.5 Å². The van der Waals surface area contributed by atoms with E-state index in [1.807, 2.05) is 18.2 Å². The zero-order chi connectivity index (χ0) is 13.8. The number of rotatable bonds is 5. The highest BCUT2D eigenvalue weighted by Crippen LogP contribution is 2.11. The molecule has 2 rings (SSSR count). The van der Waals surface area contributed by atoms with E-state index in [-0.39, 0.29) is 12.3 Å². The molecule has 0 bridgehead atoms. The number of amides is 1. The molecule has 0 aliphatic heterocycles. The van der Waals surface area contributed by atoms with Gasteiger partial charge in [-0.25, -0.2) is 4.98 Å². The lowest BCUT2D eigenvalue weighted by atomic mass is 10.1. The fourth-order valence-corrected chi connectivity index (χ4v) is 1.81. The quantitative estimate of drug-likeness (QED) is 0.755. The third-order valence-corrected chi connectivity index (χ3v) is 2.88. The molecule has 2 aromatic rings. The highest BCUT2D eigenvalue weighted by atomic mass is 16.4. The molecule has 6 nitrogen and oxygen atoms in total. The van der Waals surface area contributed by atoms with Crippen LogP contribution in [0.15, 0.2) is 24.5 Å². The van der Waals surface area contributed by atoms with Crippen molar-refractivity contribution in [3.63, 3.8) is 0 Å². The largest absolute Gasteiger partial charge is 0.481 e. The molecule has 3 N–H and O–H groups in total. The van der Waals surface area contributed by atoms with Crippen LogP contribution in [-0.4, -0.2) is 27.0 Å². The Hall–Kier alpha value is -2.37. The highest BCUT2D eigenvalue weighted by molar-refractivity contribution is 5.83. The summed E-state index contributed by atoms with van der Waals surface area (Å²) in [6, 6.07) is 5.66. The molecule has 1 unspecified atom stereocenters. The Bertz CT molecular complexity index is 606. The van der Waals surface area contributed by atoms with Crippen molar-refractivity contribution in [3.8, 4) is 0 Å². The van der Waals surface area contributed by atoms with E-state index in [0.29, 0.717) is 6.54 Å². The Labute approximate surface area is 109 Å². The number of aliphatic carboxylic acids is 1. The number of hydrogen-bond acceptors (Lipinski definition) is 3. The van der Waals surface area contributed by atoms with Gasteiger partial charge < -0.3 is 15.4 Å². The lowest BCUT2D eigenvalue weighted by Gasteiger charge is -2.10. The van der Waals surface area contributed by atoms with Crippen molar-refractivity contribution in [2.75, 3.05) is 0 Å². The summed E-state index contributed by atoms with van der Waals surface area (Å²) in [6.45, 7) is 1.97. The van der Waals surface area contributed by atoms with Crippen molar-refractivity contribution < 1.29 is 14.7 Å². The van der Waals surface area contributed by atoms with Crippen molar-refractivity contribution >= 4 is 22.9 Å². The lowest BCUT2D eigenvalue weighted by molar-refractivity contribution is -0.140. The van der Waals surface area contributed by atoms with E-state index >= 15 is 0 Å². The van der Waals surface area contributed by atoms with Gasteiger partial charge in [0.1, 0.15) is 0 Å². The van der Waals surface area contributed by atoms with Crippen molar-refractivity contribution in [3.05, 3.63) is 30.1 Å². The molecule has 1 aromatic carbocycles. The molecule has 1 amide bonds. The van der Waals surface area contributed by atoms with Crippen LogP contribution in [0, 0.1) is 5.92 Å². The number of carboxylic acids is 1. The first-order valence-electron chi connectivity index (χ1n) is 5.98. The molecule has 0 saturated carbocycles. The summed E-state index contributed by atoms with van der Waals surface area (Å²) in [4.78, 5) is 29.3. The molecule has 1 atom stereocenters. The number of benzene rings is 1. The van der Waals surface area contributed by atoms with Crippen LogP contribution in [0.1, 0.15) is 18.9 Å². The molecule has 1 aromatic heterocycles. The Morgan fingerprint density at radius 3 is 3.00 bits per heavy atom. The summed E-state index contributed by atoms with van der Waals surface area (Å²) >= 11 is 0. The molecule has 0 aliphatic carbocycles. The second-order valence-corrected chi connectivity index (χ2v) is 4.47. The summed E-state index contributed by atoms with van der Waals surface area (Å²) in [5.41, 5.74) is 2.72. The van der Waals surface area contributed by atoms with Gasteiger partial charge in [0.15, 0.2) is 0 Å². The summed E-state index contributed by atoms with van der Waals surface area (Å²) in [5, 5.41) is 11.3. The van der Waals surface area contributed by atoms with Gasteiger partial charge in [-0.05, 0) is 17.7 Å². The van der Waals surface area contributed by atoms with E-state index in [4.69, 9.17) is 5.11 Å².